The molecule has 4 heteroatoms. The highest BCUT2D eigenvalue weighted by Crippen LogP contribution is 2.35. The summed E-state index contributed by atoms with van der Waals surface area (Å²) in [5.41, 5.74) is 5.02. The van der Waals surface area contributed by atoms with E-state index in [0.29, 0.717) is 17.0 Å². The second kappa shape index (κ2) is 7.19. The molecule has 0 spiro atoms. The predicted molar refractivity (Wildman–Crippen MR) is 121 cm³/mol. The van der Waals surface area contributed by atoms with Gasteiger partial charge in [0.05, 0.1) is 22.8 Å². The zero-order valence-corrected chi connectivity index (χ0v) is 16.3. The van der Waals surface area contributed by atoms with E-state index in [1.165, 1.54) is 0 Å². The van der Waals surface area contributed by atoms with Gasteiger partial charge in [-0.1, -0.05) is 66.2 Å². The minimum absolute atomic E-state index is 0.118. The van der Waals surface area contributed by atoms with Crippen molar-refractivity contribution in [1.82, 2.24) is 0 Å². The van der Waals surface area contributed by atoms with Crippen LogP contribution >= 0.6 is 11.6 Å². The molecule has 0 saturated heterocycles. The van der Waals surface area contributed by atoms with Gasteiger partial charge >= 0.3 is 0 Å². The third-order valence-electron chi connectivity index (χ3n) is 5.10. The number of phenols is 1. The van der Waals surface area contributed by atoms with Gasteiger partial charge in [-0.25, -0.2) is 0 Å². The topological polar surface area (TPSA) is 45.0 Å². The lowest BCUT2D eigenvalue weighted by Gasteiger charge is -2.12. The molecule has 1 aliphatic heterocycles. The molecule has 1 N–H and O–H groups in total. The van der Waals surface area contributed by atoms with Gasteiger partial charge in [-0.3, -0.25) is 9.98 Å². The quantitative estimate of drug-likeness (QED) is 0.396. The second-order valence-corrected chi connectivity index (χ2v) is 7.41. The molecule has 4 aromatic carbocycles. The fourth-order valence-electron chi connectivity index (χ4n) is 3.72. The molecule has 0 saturated carbocycles. The first-order chi connectivity index (χ1) is 14.2. The van der Waals surface area contributed by atoms with E-state index < -0.39 is 0 Å². The number of para-hydroxylation sites is 2. The second-order valence-electron chi connectivity index (χ2n) is 6.97. The average Bonchev–Trinajstić information content (AvgIpc) is 2.93. The summed E-state index contributed by atoms with van der Waals surface area (Å²) in [6.45, 7) is 0. The van der Waals surface area contributed by atoms with Crippen LogP contribution in [-0.2, 0) is 0 Å². The van der Waals surface area contributed by atoms with Crippen LogP contribution in [0.3, 0.4) is 0 Å². The van der Waals surface area contributed by atoms with Gasteiger partial charge in [0.2, 0.25) is 0 Å². The van der Waals surface area contributed by atoms with Crippen molar-refractivity contribution in [1.29, 1.82) is 0 Å². The SMILES string of the molecule is Oc1cc(Cl)ccc1C1=Nc2ccccc2N=C(c2cccc3ccccc23)C1. The third-order valence-corrected chi connectivity index (χ3v) is 5.33. The van der Waals surface area contributed by atoms with Gasteiger partial charge in [-0.2, -0.15) is 0 Å². The Bertz CT molecular complexity index is 1300. The molecule has 0 fully saturated rings. The first kappa shape index (κ1) is 17.7. The van der Waals surface area contributed by atoms with Crippen molar-refractivity contribution in [3.05, 3.63) is 101 Å². The lowest BCUT2D eigenvalue weighted by Crippen LogP contribution is -2.10. The standard InChI is InChI=1S/C25H17ClN2O/c26-17-12-13-20(25(29)14-17)24-15-23(27-21-10-3-4-11-22(21)28-24)19-9-5-7-16-6-1-2-8-18(16)19/h1-14,29H,15H2. The van der Waals surface area contributed by atoms with Crippen LogP contribution in [0.4, 0.5) is 11.4 Å². The normalized spacial score (nSPS) is 13.4. The van der Waals surface area contributed by atoms with Crippen LogP contribution in [0.2, 0.25) is 5.02 Å². The minimum Gasteiger partial charge on any atom is -0.507 e. The van der Waals surface area contributed by atoms with Crippen molar-refractivity contribution >= 4 is 45.2 Å². The fourth-order valence-corrected chi connectivity index (χ4v) is 3.88. The van der Waals surface area contributed by atoms with Crippen molar-refractivity contribution in [2.75, 3.05) is 0 Å². The van der Waals surface area contributed by atoms with E-state index >= 15 is 0 Å². The number of aliphatic imine (C=N–C) groups is 2. The molecular formula is C25H17ClN2O. The van der Waals surface area contributed by atoms with Crippen LogP contribution in [0.15, 0.2) is 94.9 Å². The molecule has 5 rings (SSSR count). The zero-order chi connectivity index (χ0) is 19.8. The van der Waals surface area contributed by atoms with Crippen LogP contribution in [0.25, 0.3) is 10.8 Å². The number of nitrogens with zero attached hydrogens (tertiary/aromatic N) is 2. The Labute approximate surface area is 173 Å². The van der Waals surface area contributed by atoms with Crippen molar-refractivity contribution in [2.45, 2.75) is 6.42 Å². The predicted octanol–water partition coefficient (Wildman–Crippen LogP) is 6.84. The van der Waals surface area contributed by atoms with Gasteiger partial charge in [0, 0.05) is 22.6 Å². The van der Waals surface area contributed by atoms with Gasteiger partial charge < -0.3 is 5.11 Å². The van der Waals surface area contributed by atoms with E-state index in [4.69, 9.17) is 21.6 Å². The highest BCUT2D eigenvalue weighted by Gasteiger charge is 2.19. The zero-order valence-electron chi connectivity index (χ0n) is 15.5. The van der Waals surface area contributed by atoms with E-state index in [-0.39, 0.29) is 5.75 Å². The smallest absolute Gasteiger partial charge is 0.126 e. The number of phenolic OH excluding ortho intramolecular Hbond substituents is 1. The molecule has 0 unspecified atom stereocenters. The summed E-state index contributed by atoms with van der Waals surface area (Å²) in [6, 6.07) is 27.5. The summed E-state index contributed by atoms with van der Waals surface area (Å²) in [7, 11) is 0. The largest absolute Gasteiger partial charge is 0.507 e. The molecule has 0 aromatic heterocycles. The van der Waals surface area contributed by atoms with Crippen LogP contribution in [0, 0.1) is 0 Å². The summed E-state index contributed by atoms with van der Waals surface area (Å²) in [5, 5.41) is 13.3. The molecule has 0 atom stereocenters. The van der Waals surface area contributed by atoms with Crippen LogP contribution < -0.4 is 0 Å². The van der Waals surface area contributed by atoms with Gasteiger partial charge in [-0.15, -0.1) is 0 Å². The van der Waals surface area contributed by atoms with E-state index in [9.17, 15) is 5.11 Å². The summed E-state index contributed by atoms with van der Waals surface area (Å²) in [4.78, 5) is 9.83. The van der Waals surface area contributed by atoms with Gasteiger partial charge in [0.1, 0.15) is 5.75 Å². The van der Waals surface area contributed by atoms with E-state index in [2.05, 4.69) is 24.3 Å². The summed E-state index contributed by atoms with van der Waals surface area (Å²) >= 11 is 6.04. The molecule has 0 bridgehead atoms. The molecule has 1 aliphatic rings. The van der Waals surface area contributed by atoms with Crippen LogP contribution in [0.1, 0.15) is 17.5 Å². The molecule has 29 heavy (non-hydrogen) atoms. The molecule has 4 aromatic rings. The Morgan fingerprint density at radius 2 is 1.34 bits per heavy atom. The van der Waals surface area contributed by atoms with E-state index in [1.807, 2.05) is 48.5 Å². The Hall–Kier alpha value is -3.43. The summed E-state index contributed by atoms with van der Waals surface area (Å²) in [6.07, 6.45) is 0.498. The van der Waals surface area contributed by atoms with Gasteiger partial charge in [0.25, 0.3) is 0 Å². The number of halogens is 1. The van der Waals surface area contributed by atoms with Crippen molar-refractivity contribution in [3.8, 4) is 5.75 Å². The summed E-state index contributed by atoms with van der Waals surface area (Å²) < 4.78 is 0. The van der Waals surface area contributed by atoms with E-state index in [1.54, 1.807) is 12.1 Å². The fraction of sp³-hybridized carbons (Fsp3) is 0.0400. The maximum Gasteiger partial charge on any atom is 0.126 e. The number of aromatic hydroxyl groups is 1. The Morgan fingerprint density at radius 3 is 2.10 bits per heavy atom. The molecule has 0 radical (unpaired) electrons. The van der Waals surface area contributed by atoms with Gasteiger partial charge in [0.15, 0.2) is 0 Å². The molecule has 3 nitrogen and oxygen atoms in total. The molecule has 0 amide bonds. The Balaban J connectivity index is 1.73. The maximum absolute atomic E-state index is 10.5. The minimum atomic E-state index is 0.118. The number of hydrogen-bond donors (Lipinski definition) is 1. The summed E-state index contributed by atoms with van der Waals surface area (Å²) in [5.74, 6) is 0.118. The molecule has 0 aliphatic carbocycles. The lowest BCUT2D eigenvalue weighted by atomic mass is 9.95. The first-order valence-corrected chi connectivity index (χ1v) is 9.78. The van der Waals surface area contributed by atoms with Gasteiger partial charge in [-0.05, 0) is 41.1 Å². The number of rotatable bonds is 2. The Kier molecular flexibility index (Phi) is 4.38. The molecule has 1 heterocycles. The number of fused-ring (bicyclic) bond motifs is 2. The van der Waals surface area contributed by atoms with Crippen molar-refractivity contribution in [2.24, 2.45) is 9.98 Å². The first-order valence-electron chi connectivity index (χ1n) is 9.40. The van der Waals surface area contributed by atoms with Crippen LogP contribution in [0.5, 0.6) is 5.75 Å². The van der Waals surface area contributed by atoms with Crippen molar-refractivity contribution < 1.29 is 5.11 Å². The lowest BCUT2D eigenvalue weighted by molar-refractivity contribution is 0.474. The van der Waals surface area contributed by atoms with E-state index in [0.717, 1.165) is 39.1 Å². The third kappa shape index (κ3) is 3.30. The average molecular weight is 397 g/mol. The number of hydrogen-bond acceptors (Lipinski definition) is 3. The number of benzene rings is 4. The highest BCUT2D eigenvalue weighted by molar-refractivity contribution is 6.31. The monoisotopic (exact) mass is 396 g/mol. The maximum atomic E-state index is 10.5. The van der Waals surface area contributed by atoms with Crippen molar-refractivity contribution in [3.63, 3.8) is 0 Å². The molecular weight excluding hydrogens is 380 g/mol. The molecule has 140 valence electrons. The highest BCUT2D eigenvalue weighted by atomic mass is 35.5. The Morgan fingerprint density at radius 1 is 0.690 bits per heavy atom. The van der Waals surface area contributed by atoms with Crippen LogP contribution in [-0.4, -0.2) is 16.5 Å².